The molecule has 0 aliphatic carbocycles. The Hall–Kier alpha value is -3.38. The number of rotatable bonds is 10. The molecule has 3 amide bonds. The van der Waals surface area contributed by atoms with Crippen LogP contribution < -0.4 is 0 Å². The van der Waals surface area contributed by atoms with E-state index in [9.17, 15) is 19.6 Å². The molecule has 39 heavy (non-hydrogen) atoms. The summed E-state index contributed by atoms with van der Waals surface area (Å²) < 4.78 is 2.26. The van der Waals surface area contributed by atoms with Gasteiger partial charge in [-0.3, -0.25) is 19.2 Å². The number of nitrogens with zero attached hydrogens (tertiary/aromatic N) is 5. The highest BCUT2D eigenvalue weighted by Gasteiger charge is 2.39. The summed E-state index contributed by atoms with van der Waals surface area (Å²) in [7, 11) is 0. The van der Waals surface area contributed by atoms with Crippen molar-refractivity contribution in [3.63, 3.8) is 0 Å². The minimum absolute atomic E-state index is 0.0521. The van der Waals surface area contributed by atoms with Crippen LogP contribution in [0, 0.1) is 11.3 Å². The number of hydrogen-bond donors (Lipinski definition) is 0. The number of hydrogen-bond acceptors (Lipinski definition) is 5. The van der Waals surface area contributed by atoms with Crippen molar-refractivity contribution in [1.29, 1.82) is 5.26 Å². The highest BCUT2D eigenvalue weighted by Crippen LogP contribution is 2.29. The molecule has 3 heterocycles. The van der Waals surface area contributed by atoms with Crippen molar-refractivity contribution >= 4 is 29.1 Å². The number of amides is 3. The van der Waals surface area contributed by atoms with Gasteiger partial charge in [0.1, 0.15) is 6.04 Å². The Morgan fingerprint density at radius 3 is 2.59 bits per heavy atom. The number of carbonyl (C=O) groups excluding carboxylic acids is 3. The quantitative estimate of drug-likeness (QED) is 0.338. The third-order valence-electron chi connectivity index (χ3n) is 7.74. The van der Waals surface area contributed by atoms with Crippen molar-refractivity contribution in [2.24, 2.45) is 0 Å². The number of nitriles is 1. The molecule has 0 radical (unpaired) electrons. The lowest BCUT2D eigenvalue weighted by Gasteiger charge is -2.32. The molecule has 2 aromatic rings. The van der Waals surface area contributed by atoms with Crippen LogP contribution in [0.15, 0.2) is 24.3 Å². The van der Waals surface area contributed by atoms with Gasteiger partial charge in [-0.1, -0.05) is 6.07 Å². The number of fused-ring (bicyclic) bond motifs is 1. The maximum Gasteiger partial charge on any atom is 0.245 e. The second-order valence-electron chi connectivity index (χ2n) is 11.6. The first-order valence-electron chi connectivity index (χ1n) is 14.2. The Labute approximate surface area is 231 Å². The minimum atomic E-state index is -0.536. The van der Waals surface area contributed by atoms with E-state index in [-0.39, 0.29) is 30.8 Å². The molecule has 0 N–H and O–H groups in total. The molecule has 4 rings (SSSR count). The van der Waals surface area contributed by atoms with E-state index in [0.29, 0.717) is 24.9 Å². The topological polar surface area (TPSA) is 98.9 Å². The van der Waals surface area contributed by atoms with Gasteiger partial charge in [-0.05, 0) is 89.8 Å². The van der Waals surface area contributed by atoms with Crippen molar-refractivity contribution in [3.8, 4) is 6.07 Å². The normalized spacial score (nSPS) is 19.5. The van der Waals surface area contributed by atoms with Gasteiger partial charge in [0.15, 0.2) is 0 Å². The third kappa shape index (κ3) is 6.62. The molecule has 2 aliphatic rings. The summed E-state index contributed by atoms with van der Waals surface area (Å²) in [5.41, 5.74) is 2.42. The van der Waals surface area contributed by atoms with E-state index in [4.69, 9.17) is 4.84 Å². The SMILES string of the molecule is CCn1c(CC[C@@H]2CCCN2C(=O)[C@H]2CCCN2C(=O)CCN(C=O)OC(C)(C)C)cc2ccc(C#N)cc21. The van der Waals surface area contributed by atoms with Crippen molar-refractivity contribution in [1.82, 2.24) is 19.4 Å². The number of benzene rings is 1. The summed E-state index contributed by atoms with van der Waals surface area (Å²) in [6.45, 7) is 9.92. The molecule has 1 aromatic heterocycles. The molecule has 0 spiro atoms. The second-order valence-corrected chi connectivity index (χ2v) is 11.6. The van der Waals surface area contributed by atoms with Gasteiger partial charge in [0.25, 0.3) is 0 Å². The Bertz CT molecular complexity index is 1240. The molecule has 0 saturated carbocycles. The van der Waals surface area contributed by atoms with Gasteiger partial charge >= 0.3 is 0 Å². The molecule has 2 atom stereocenters. The lowest BCUT2D eigenvalue weighted by molar-refractivity contribution is -0.216. The van der Waals surface area contributed by atoms with Crippen LogP contribution in [-0.2, 0) is 32.2 Å². The predicted octanol–water partition coefficient (Wildman–Crippen LogP) is 4.03. The monoisotopic (exact) mass is 535 g/mol. The number of carbonyl (C=O) groups is 3. The zero-order valence-corrected chi connectivity index (χ0v) is 23.7. The Kier molecular flexibility index (Phi) is 8.96. The summed E-state index contributed by atoms with van der Waals surface area (Å²) in [6, 6.07) is 9.95. The average Bonchev–Trinajstić information content (AvgIpc) is 3.66. The maximum atomic E-state index is 13.7. The largest absolute Gasteiger partial charge is 0.345 e. The molecule has 0 unspecified atom stereocenters. The van der Waals surface area contributed by atoms with Gasteiger partial charge in [-0.15, -0.1) is 0 Å². The van der Waals surface area contributed by atoms with E-state index in [0.717, 1.165) is 61.2 Å². The smallest absolute Gasteiger partial charge is 0.245 e. The zero-order chi connectivity index (χ0) is 28.2. The van der Waals surface area contributed by atoms with E-state index in [1.807, 2.05) is 43.9 Å². The summed E-state index contributed by atoms with van der Waals surface area (Å²) in [5, 5.41) is 11.6. The molecular formula is C30H41N5O4. The highest BCUT2D eigenvalue weighted by atomic mass is 16.7. The standard InChI is InChI=1S/C30H41N5O4/c1-5-33-25(19-23-11-10-22(20-31)18-27(23)33)13-12-24-8-6-15-34(24)29(38)26-9-7-16-35(26)28(37)14-17-32(21-36)39-30(2,3)4/h10-11,18-19,21,24,26H,5-9,12-17H2,1-4H3/t24-,26+/m0/s1. The lowest BCUT2D eigenvalue weighted by Crippen LogP contribution is -2.49. The number of hydroxylamine groups is 2. The van der Waals surface area contributed by atoms with E-state index in [2.05, 4.69) is 23.6 Å². The lowest BCUT2D eigenvalue weighted by atomic mass is 10.1. The predicted molar refractivity (Wildman–Crippen MR) is 148 cm³/mol. The van der Waals surface area contributed by atoms with E-state index >= 15 is 0 Å². The molecule has 9 nitrogen and oxygen atoms in total. The zero-order valence-electron chi connectivity index (χ0n) is 23.7. The van der Waals surface area contributed by atoms with Crippen LogP contribution >= 0.6 is 0 Å². The van der Waals surface area contributed by atoms with E-state index in [1.165, 1.54) is 5.69 Å². The number of aromatic nitrogens is 1. The molecular weight excluding hydrogens is 494 g/mol. The van der Waals surface area contributed by atoms with Crippen LogP contribution in [0.2, 0.25) is 0 Å². The molecule has 210 valence electrons. The molecule has 2 saturated heterocycles. The van der Waals surface area contributed by atoms with Crippen LogP contribution in [0.3, 0.4) is 0 Å². The summed E-state index contributed by atoms with van der Waals surface area (Å²) in [6.07, 6.45) is 5.85. The van der Waals surface area contributed by atoms with Crippen LogP contribution in [0.25, 0.3) is 10.9 Å². The Morgan fingerprint density at radius 2 is 1.90 bits per heavy atom. The van der Waals surface area contributed by atoms with Gasteiger partial charge in [0, 0.05) is 43.3 Å². The molecule has 0 bridgehead atoms. The highest BCUT2D eigenvalue weighted by molar-refractivity contribution is 5.89. The van der Waals surface area contributed by atoms with Gasteiger partial charge in [-0.2, -0.15) is 5.26 Å². The van der Waals surface area contributed by atoms with Crippen molar-refractivity contribution in [3.05, 3.63) is 35.5 Å². The first kappa shape index (κ1) is 28.6. The van der Waals surface area contributed by atoms with Crippen LogP contribution in [0.5, 0.6) is 0 Å². The van der Waals surface area contributed by atoms with Crippen molar-refractivity contribution < 1.29 is 19.2 Å². The first-order valence-corrected chi connectivity index (χ1v) is 14.2. The van der Waals surface area contributed by atoms with Gasteiger partial charge < -0.3 is 14.4 Å². The molecule has 1 aromatic carbocycles. The third-order valence-corrected chi connectivity index (χ3v) is 7.74. The maximum absolute atomic E-state index is 13.7. The Morgan fingerprint density at radius 1 is 1.15 bits per heavy atom. The van der Waals surface area contributed by atoms with Crippen molar-refractivity contribution in [2.75, 3.05) is 19.6 Å². The van der Waals surface area contributed by atoms with Gasteiger partial charge in [0.2, 0.25) is 18.2 Å². The summed E-state index contributed by atoms with van der Waals surface area (Å²) in [5.74, 6) is -0.0635. The van der Waals surface area contributed by atoms with Crippen LogP contribution in [-0.4, -0.2) is 75.0 Å². The van der Waals surface area contributed by atoms with Gasteiger partial charge in [0.05, 0.1) is 23.8 Å². The van der Waals surface area contributed by atoms with E-state index < -0.39 is 11.6 Å². The number of aryl methyl sites for hydroxylation is 2. The Balaban J connectivity index is 1.38. The molecule has 2 fully saturated rings. The fourth-order valence-electron chi connectivity index (χ4n) is 6.04. The molecule has 9 heteroatoms. The minimum Gasteiger partial charge on any atom is -0.345 e. The van der Waals surface area contributed by atoms with Crippen LogP contribution in [0.1, 0.15) is 77.5 Å². The molecule has 2 aliphatic heterocycles. The average molecular weight is 536 g/mol. The van der Waals surface area contributed by atoms with Crippen LogP contribution in [0.4, 0.5) is 0 Å². The summed E-state index contributed by atoms with van der Waals surface area (Å²) >= 11 is 0. The number of likely N-dealkylation sites (tertiary alicyclic amines) is 2. The fraction of sp³-hybridized carbons (Fsp3) is 0.600. The van der Waals surface area contributed by atoms with Crippen molar-refractivity contribution in [2.45, 2.75) is 96.9 Å². The van der Waals surface area contributed by atoms with E-state index in [1.54, 1.807) is 4.90 Å². The second kappa shape index (κ2) is 12.2. The fourth-order valence-corrected chi connectivity index (χ4v) is 6.04. The van der Waals surface area contributed by atoms with Gasteiger partial charge in [-0.25, -0.2) is 5.06 Å². The summed E-state index contributed by atoms with van der Waals surface area (Å²) in [4.78, 5) is 47.5. The first-order chi connectivity index (χ1) is 18.6.